The fourth-order valence-electron chi connectivity index (χ4n) is 2.78. The van der Waals surface area contributed by atoms with Gasteiger partial charge in [-0.1, -0.05) is 34.1 Å². The number of hydrogen-bond donors (Lipinski definition) is 2. The van der Waals surface area contributed by atoms with Crippen LogP contribution in [0.5, 0.6) is 5.75 Å². The number of carbonyl (C=O) groups is 2. The first-order valence-corrected chi connectivity index (χ1v) is 9.87. The maximum absolute atomic E-state index is 12.3. The second-order valence-corrected chi connectivity index (χ2v) is 7.51. The Kier molecular flexibility index (Phi) is 6.67. The van der Waals surface area contributed by atoms with Gasteiger partial charge in [0.1, 0.15) is 5.75 Å². The molecule has 0 aromatic heterocycles. The molecule has 6 heteroatoms. The summed E-state index contributed by atoms with van der Waals surface area (Å²) in [6.07, 6.45) is 0. The number of aryl methyl sites for hydroxylation is 2. The van der Waals surface area contributed by atoms with Crippen molar-refractivity contribution in [1.29, 1.82) is 0 Å². The van der Waals surface area contributed by atoms with Crippen molar-refractivity contribution in [2.75, 3.05) is 17.2 Å². The van der Waals surface area contributed by atoms with Gasteiger partial charge < -0.3 is 15.4 Å². The summed E-state index contributed by atoms with van der Waals surface area (Å²) in [5.41, 5.74) is 3.71. The van der Waals surface area contributed by atoms with Gasteiger partial charge in [0.2, 0.25) is 0 Å². The van der Waals surface area contributed by atoms with Gasteiger partial charge >= 0.3 is 0 Å². The Morgan fingerprint density at radius 2 is 1.66 bits per heavy atom. The number of nitrogens with one attached hydrogen (secondary N) is 2. The van der Waals surface area contributed by atoms with E-state index in [9.17, 15) is 9.59 Å². The molecule has 0 radical (unpaired) electrons. The zero-order valence-corrected chi connectivity index (χ0v) is 17.7. The zero-order chi connectivity index (χ0) is 20.8. The van der Waals surface area contributed by atoms with E-state index in [-0.39, 0.29) is 18.4 Å². The van der Waals surface area contributed by atoms with Crippen LogP contribution in [0.3, 0.4) is 0 Å². The average molecular weight is 453 g/mol. The zero-order valence-electron chi connectivity index (χ0n) is 16.2. The molecule has 5 nitrogen and oxygen atoms in total. The lowest BCUT2D eigenvalue weighted by Crippen LogP contribution is -2.20. The van der Waals surface area contributed by atoms with Gasteiger partial charge in [-0.3, -0.25) is 9.59 Å². The highest BCUT2D eigenvalue weighted by Gasteiger charge is 2.10. The molecular formula is C23H21BrN2O3. The maximum atomic E-state index is 12.3. The smallest absolute Gasteiger partial charge is 0.262 e. The second kappa shape index (κ2) is 9.39. The van der Waals surface area contributed by atoms with Gasteiger partial charge in [0.15, 0.2) is 6.61 Å². The lowest BCUT2D eigenvalue weighted by molar-refractivity contribution is -0.118. The lowest BCUT2D eigenvalue weighted by atomic mass is 10.1. The minimum absolute atomic E-state index is 0.0893. The van der Waals surface area contributed by atoms with Crippen molar-refractivity contribution in [3.8, 4) is 5.75 Å². The Bertz CT molecular complexity index is 1040. The Balaban J connectivity index is 1.58. The molecule has 0 bridgehead atoms. The Labute approximate surface area is 178 Å². The summed E-state index contributed by atoms with van der Waals surface area (Å²) < 4.78 is 6.55. The molecule has 0 atom stereocenters. The van der Waals surface area contributed by atoms with Gasteiger partial charge in [-0.15, -0.1) is 0 Å². The Morgan fingerprint density at radius 1 is 0.897 bits per heavy atom. The molecule has 0 unspecified atom stereocenters. The van der Waals surface area contributed by atoms with Crippen molar-refractivity contribution >= 4 is 39.1 Å². The van der Waals surface area contributed by atoms with Crippen molar-refractivity contribution in [3.05, 3.63) is 87.9 Å². The minimum Gasteiger partial charge on any atom is -0.483 e. The molecule has 3 aromatic carbocycles. The molecule has 0 aliphatic heterocycles. The highest BCUT2D eigenvalue weighted by molar-refractivity contribution is 9.10. The standard InChI is InChI=1S/C23H21BrN2O3/c1-15-13-19(9-10-20(15)26-23(28)17-6-4-3-5-7-17)25-22(27)14-29-21-11-8-18(24)12-16(21)2/h3-13H,14H2,1-2H3,(H,25,27)(H,26,28). The SMILES string of the molecule is Cc1cc(NC(=O)COc2ccc(Br)cc2C)ccc1NC(=O)c1ccccc1. The number of anilines is 2. The minimum atomic E-state index is -0.257. The number of rotatable bonds is 6. The predicted octanol–water partition coefficient (Wildman–Crippen LogP) is 5.34. The molecule has 0 fully saturated rings. The number of ether oxygens (including phenoxy) is 1. The highest BCUT2D eigenvalue weighted by Crippen LogP contribution is 2.23. The first-order valence-electron chi connectivity index (χ1n) is 9.08. The molecule has 2 N–H and O–H groups in total. The number of amides is 2. The van der Waals surface area contributed by atoms with E-state index in [0.29, 0.717) is 22.7 Å². The topological polar surface area (TPSA) is 67.4 Å². The maximum Gasteiger partial charge on any atom is 0.262 e. The summed E-state index contributed by atoms with van der Waals surface area (Å²) >= 11 is 3.40. The molecule has 148 valence electrons. The number of halogens is 1. The largest absolute Gasteiger partial charge is 0.483 e. The molecule has 0 saturated heterocycles. The first-order chi connectivity index (χ1) is 13.9. The quantitative estimate of drug-likeness (QED) is 0.530. The molecular weight excluding hydrogens is 432 g/mol. The van der Waals surface area contributed by atoms with E-state index < -0.39 is 0 Å². The summed E-state index contributed by atoms with van der Waals surface area (Å²) in [4.78, 5) is 24.5. The second-order valence-electron chi connectivity index (χ2n) is 6.60. The molecule has 3 rings (SSSR count). The van der Waals surface area contributed by atoms with Gasteiger partial charge in [0.25, 0.3) is 11.8 Å². The van der Waals surface area contributed by atoms with Crippen LogP contribution in [0.1, 0.15) is 21.5 Å². The van der Waals surface area contributed by atoms with Crippen LogP contribution < -0.4 is 15.4 Å². The van der Waals surface area contributed by atoms with E-state index in [2.05, 4.69) is 26.6 Å². The molecule has 0 saturated carbocycles. The van der Waals surface area contributed by atoms with Crippen LogP contribution in [0.25, 0.3) is 0 Å². The Morgan fingerprint density at radius 3 is 2.34 bits per heavy atom. The fraction of sp³-hybridized carbons (Fsp3) is 0.130. The number of carbonyl (C=O) groups excluding carboxylic acids is 2. The first kappa shape index (κ1) is 20.6. The molecule has 29 heavy (non-hydrogen) atoms. The highest BCUT2D eigenvalue weighted by atomic mass is 79.9. The number of hydrogen-bond acceptors (Lipinski definition) is 3. The molecule has 0 spiro atoms. The van der Waals surface area contributed by atoms with E-state index in [1.807, 2.05) is 56.3 Å². The molecule has 3 aromatic rings. The van der Waals surface area contributed by atoms with E-state index in [4.69, 9.17) is 4.74 Å². The average Bonchev–Trinajstić information content (AvgIpc) is 2.70. The summed E-state index contributed by atoms with van der Waals surface area (Å²) in [6.45, 7) is 3.70. The summed E-state index contributed by atoms with van der Waals surface area (Å²) in [6, 6.07) is 20.0. The molecule has 2 amide bonds. The van der Waals surface area contributed by atoms with Crippen LogP contribution in [0.2, 0.25) is 0 Å². The molecule has 0 aliphatic rings. The third-order valence-electron chi connectivity index (χ3n) is 4.29. The van der Waals surface area contributed by atoms with Gasteiger partial charge in [0, 0.05) is 21.4 Å². The Hall–Kier alpha value is -3.12. The van der Waals surface area contributed by atoms with E-state index >= 15 is 0 Å². The van der Waals surface area contributed by atoms with Crippen LogP contribution in [0.4, 0.5) is 11.4 Å². The predicted molar refractivity (Wildman–Crippen MR) is 119 cm³/mol. The van der Waals surface area contributed by atoms with Crippen molar-refractivity contribution < 1.29 is 14.3 Å². The third kappa shape index (κ3) is 5.68. The number of benzene rings is 3. The van der Waals surface area contributed by atoms with E-state index in [0.717, 1.165) is 15.6 Å². The van der Waals surface area contributed by atoms with Gasteiger partial charge in [0.05, 0.1) is 0 Å². The summed E-state index contributed by atoms with van der Waals surface area (Å²) in [5.74, 6) is 0.232. The van der Waals surface area contributed by atoms with Gasteiger partial charge in [-0.2, -0.15) is 0 Å². The van der Waals surface area contributed by atoms with Crippen molar-refractivity contribution in [1.82, 2.24) is 0 Å². The van der Waals surface area contributed by atoms with Crippen LogP contribution >= 0.6 is 15.9 Å². The fourth-order valence-corrected chi connectivity index (χ4v) is 3.26. The van der Waals surface area contributed by atoms with Crippen molar-refractivity contribution in [2.24, 2.45) is 0 Å². The van der Waals surface area contributed by atoms with E-state index in [1.165, 1.54) is 0 Å². The van der Waals surface area contributed by atoms with Gasteiger partial charge in [-0.25, -0.2) is 0 Å². The van der Waals surface area contributed by atoms with Crippen LogP contribution in [-0.2, 0) is 4.79 Å². The summed E-state index contributed by atoms with van der Waals surface area (Å²) in [7, 11) is 0. The van der Waals surface area contributed by atoms with E-state index in [1.54, 1.807) is 24.3 Å². The van der Waals surface area contributed by atoms with Gasteiger partial charge in [-0.05, 0) is 73.5 Å². The molecule has 0 aliphatic carbocycles. The van der Waals surface area contributed by atoms with Crippen LogP contribution in [0.15, 0.2) is 71.2 Å². The normalized spacial score (nSPS) is 10.3. The summed E-state index contributed by atoms with van der Waals surface area (Å²) in [5, 5.41) is 5.69. The van der Waals surface area contributed by atoms with Crippen molar-refractivity contribution in [2.45, 2.75) is 13.8 Å². The third-order valence-corrected chi connectivity index (χ3v) is 4.78. The van der Waals surface area contributed by atoms with Crippen LogP contribution in [0, 0.1) is 13.8 Å². The monoisotopic (exact) mass is 452 g/mol. The lowest BCUT2D eigenvalue weighted by Gasteiger charge is -2.12. The van der Waals surface area contributed by atoms with Crippen molar-refractivity contribution in [3.63, 3.8) is 0 Å². The molecule has 0 heterocycles. The van der Waals surface area contributed by atoms with Crippen LogP contribution in [-0.4, -0.2) is 18.4 Å².